The predicted octanol–water partition coefficient (Wildman–Crippen LogP) is 2.87. The van der Waals surface area contributed by atoms with Crippen LogP contribution in [0.4, 0.5) is 0 Å². The number of H-pyrrole nitrogens is 1. The zero-order valence-electron chi connectivity index (χ0n) is 15.1. The maximum Gasteiger partial charge on any atom is 0.328 e. The SMILES string of the molecule is CCc1cccc2c(C(=O)COC(=O)[C@H](C)NC(=O)c3ccco3)c[nH]c12. The minimum Gasteiger partial charge on any atom is -0.459 e. The Morgan fingerprint density at radius 3 is 2.74 bits per heavy atom. The van der Waals surface area contributed by atoms with Crippen LogP contribution >= 0.6 is 0 Å². The molecule has 1 atom stereocenters. The fourth-order valence-electron chi connectivity index (χ4n) is 2.82. The molecular weight excluding hydrogens is 348 g/mol. The topological polar surface area (TPSA) is 101 Å². The monoisotopic (exact) mass is 368 g/mol. The number of hydrogen-bond donors (Lipinski definition) is 2. The van der Waals surface area contributed by atoms with E-state index in [1.165, 1.54) is 19.3 Å². The average Bonchev–Trinajstić information content (AvgIpc) is 3.35. The molecule has 0 bridgehead atoms. The molecule has 140 valence electrons. The number of amides is 1. The molecule has 2 aromatic heterocycles. The van der Waals surface area contributed by atoms with Crippen LogP contribution in [0.15, 0.2) is 47.2 Å². The number of ketones is 1. The number of rotatable bonds is 7. The van der Waals surface area contributed by atoms with Gasteiger partial charge in [0.25, 0.3) is 5.91 Å². The van der Waals surface area contributed by atoms with Crippen LogP contribution in [0.1, 0.15) is 40.3 Å². The lowest BCUT2D eigenvalue weighted by molar-refractivity contribution is -0.144. The summed E-state index contributed by atoms with van der Waals surface area (Å²) in [6, 6.07) is 7.89. The minimum absolute atomic E-state index is 0.0937. The highest BCUT2D eigenvalue weighted by Crippen LogP contribution is 2.22. The fourth-order valence-corrected chi connectivity index (χ4v) is 2.82. The van der Waals surface area contributed by atoms with E-state index in [-0.39, 0.29) is 11.5 Å². The summed E-state index contributed by atoms with van der Waals surface area (Å²) >= 11 is 0. The number of aromatic nitrogens is 1. The molecule has 2 heterocycles. The van der Waals surface area contributed by atoms with Gasteiger partial charge >= 0.3 is 5.97 Å². The van der Waals surface area contributed by atoms with Crippen molar-refractivity contribution in [3.8, 4) is 0 Å². The second kappa shape index (κ2) is 7.90. The maximum atomic E-state index is 12.5. The quantitative estimate of drug-likeness (QED) is 0.493. The summed E-state index contributed by atoms with van der Waals surface area (Å²) in [4.78, 5) is 39.5. The summed E-state index contributed by atoms with van der Waals surface area (Å²) in [5.74, 6) is -1.44. The zero-order valence-corrected chi connectivity index (χ0v) is 15.1. The van der Waals surface area contributed by atoms with Gasteiger partial charge in [0, 0.05) is 22.7 Å². The van der Waals surface area contributed by atoms with Gasteiger partial charge in [0.15, 0.2) is 12.4 Å². The zero-order chi connectivity index (χ0) is 19.4. The molecule has 7 nitrogen and oxygen atoms in total. The average molecular weight is 368 g/mol. The summed E-state index contributed by atoms with van der Waals surface area (Å²) in [5.41, 5.74) is 2.49. The highest BCUT2D eigenvalue weighted by Gasteiger charge is 2.21. The van der Waals surface area contributed by atoms with E-state index in [4.69, 9.17) is 9.15 Å². The highest BCUT2D eigenvalue weighted by molar-refractivity contribution is 6.09. The second-order valence-electron chi connectivity index (χ2n) is 6.10. The van der Waals surface area contributed by atoms with Crippen molar-refractivity contribution in [3.05, 3.63) is 59.7 Å². The van der Waals surface area contributed by atoms with E-state index in [1.54, 1.807) is 12.3 Å². The lowest BCUT2D eigenvalue weighted by Crippen LogP contribution is -2.40. The Kier molecular flexibility index (Phi) is 5.40. The summed E-state index contributed by atoms with van der Waals surface area (Å²) in [6.45, 7) is 3.12. The van der Waals surface area contributed by atoms with Crippen LogP contribution in [0.3, 0.4) is 0 Å². The number of furan rings is 1. The number of para-hydroxylation sites is 1. The van der Waals surface area contributed by atoms with Gasteiger partial charge in [0.05, 0.1) is 6.26 Å². The third kappa shape index (κ3) is 3.92. The molecular formula is C20H20N2O5. The van der Waals surface area contributed by atoms with Gasteiger partial charge in [-0.2, -0.15) is 0 Å². The van der Waals surface area contributed by atoms with Crippen molar-refractivity contribution in [1.82, 2.24) is 10.3 Å². The summed E-state index contributed by atoms with van der Waals surface area (Å²) in [7, 11) is 0. The van der Waals surface area contributed by atoms with Crippen LogP contribution in [0.5, 0.6) is 0 Å². The van der Waals surface area contributed by atoms with E-state index in [9.17, 15) is 14.4 Å². The molecule has 0 aliphatic carbocycles. The van der Waals surface area contributed by atoms with E-state index in [0.717, 1.165) is 22.9 Å². The van der Waals surface area contributed by atoms with Crippen LogP contribution in [0, 0.1) is 0 Å². The van der Waals surface area contributed by atoms with Crippen molar-refractivity contribution < 1.29 is 23.5 Å². The van der Waals surface area contributed by atoms with Gasteiger partial charge in [-0.3, -0.25) is 9.59 Å². The molecule has 0 aliphatic heterocycles. The molecule has 3 aromatic rings. The number of aromatic amines is 1. The second-order valence-corrected chi connectivity index (χ2v) is 6.10. The molecule has 0 fully saturated rings. The number of carbonyl (C=O) groups excluding carboxylic acids is 3. The van der Waals surface area contributed by atoms with Crippen LogP contribution in [-0.2, 0) is 16.0 Å². The van der Waals surface area contributed by atoms with E-state index < -0.39 is 24.5 Å². The van der Waals surface area contributed by atoms with Crippen molar-refractivity contribution in [2.75, 3.05) is 6.61 Å². The molecule has 1 amide bonds. The molecule has 2 N–H and O–H groups in total. The van der Waals surface area contributed by atoms with Gasteiger partial charge in [0.2, 0.25) is 5.78 Å². The van der Waals surface area contributed by atoms with Gasteiger partial charge in [-0.1, -0.05) is 25.1 Å². The molecule has 0 saturated heterocycles. The Bertz CT molecular complexity index is 972. The number of benzene rings is 1. The summed E-state index contributed by atoms with van der Waals surface area (Å²) in [6.07, 6.45) is 3.83. The van der Waals surface area contributed by atoms with Gasteiger partial charge in [-0.05, 0) is 31.0 Å². The third-order valence-corrected chi connectivity index (χ3v) is 4.27. The molecule has 0 spiro atoms. The molecule has 0 unspecified atom stereocenters. The van der Waals surface area contributed by atoms with Crippen molar-refractivity contribution in [1.29, 1.82) is 0 Å². The van der Waals surface area contributed by atoms with E-state index in [0.29, 0.717) is 5.56 Å². The Morgan fingerprint density at radius 1 is 1.22 bits per heavy atom. The first kappa shape index (κ1) is 18.4. The van der Waals surface area contributed by atoms with E-state index >= 15 is 0 Å². The van der Waals surface area contributed by atoms with Crippen LogP contribution in [-0.4, -0.2) is 35.3 Å². The van der Waals surface area contributed by atoms with E-state index in [2.05, 4.69) is 10.3 Å². The predicted molar refractivity (Wildman–Crippen MR) is 98.6 cm³/mol. The van der Waals surface area contributed by atoms with E-state index in [1.807, 2.05) is 25.1 Å². The van der Waals surface area contributed by atoms with Crippen molar-refractivity contribution in [3.63, 3.8) is 0 Å². The first-order chi connectivity index (χ1) is 13.0. The smallest absolute Gasteiger partial charge is 0.328 e. The van der Waals surface area contributed by atoms with Gasteiger partial charge < -0.3 is 19.5 Å². The molecule has 0 aliphatic rings. The Balaban J connectivity index is 1.60. The fraction of sp³-hybridized carbons (Fsp3) is 0.250. The number of aryl methyl sites for hydroxylation is 1. The van der Waals surface area contributed by atoms with Crippen molar-refractivity contribution in [2.24, 2.45) is 0 Å². The van der Waals surface area contributed by atoms with Crippen LogP contribution < -0.4 is 5.32 Å². The van der Waals surface area contributed by atoms with Crippen LogP contribution in [0.2, 0.25) is 0 Å². The molecule has 27 heavy (non-hydrogen) atoms. The number of nitrogens with one attached hydrogen (secondary N) is 2. The largest absolute Gasteiger partial charge is 0.459 e. The number of carbonyl (C=O) groups is 3. The highest BCUT2D eigenvalue weighted by atomic mass is 16.5. The number of Topliss-reactive ketones (excluding diaryl/α,β-unsaturated/α-hetero) is 1. The third-order valence-electron chi connectivity index (χ3n) is 4.27. The minimum atomic E-state index is -0.912. The molecule has 3 rings (SSSR count). The Morgan fingerprint density at radius 2 is 2.04 bits per heavy atom. The van der Waals surface area contributed by atoms with Gasteiger partial charge in [-0.25, -0.2) is 4.79 Å². The number of hydrogen-bond acceptors (Lipinski definition) is 5. The molecule has 0 radical (unpaired) electrons. The summed E-state index contributed by atoms with van der Waals surface area (Å²) < 4.78 is 10.0. The Hall–Kier alpha value is -3.35. The first-order valence-corrected chi connectivity index (χ1v) is 8.64. The number of fused-ring (bicyclic) bond motifs is 1. The first-order valence-electron chi connectivity index (χ1n) is 8.64. The number of esters is 1. The van der Waals surface area contributed by atoms with Gasteiger partial charge in [0.1, 0.15) is 6.04 Å². The molecule has 0 saturated carbocycles. The molecule has 7 heteroatoms. The molecule has 1 aromatic carbocycles. The van der Waals surface area contributed by atoms with Gasteiger partial charge in [-0.15, -0.1) is 0 Å². The normalized spacial score (nSPS) is 11.9. The number of ether oxygens (including phenoxy) is 1. The van der Waals surface area contributed by atoms with Crippen molar-refractivity contribution in [2.45, 2.75) is 26.3 Å². The van der Waals surface area contributed by atoms with Crippen LogP contribution in [0.25, 0.3) is 10.9 Å². The maximum absolute atomic E-state index is 12.5. The lowest BCUT2D eigenvalue weighted by Gasteiger charge is -2.12. The van der Waals surface area contributed by atoms with Crippen molar-refractivity contribution >= 4 is 28.6 Å². The lowest BCUT2D eigenvalue weighted by atomic mass is 10.1. The summed E-state index contributed by atoms with van der Waals surface area (Å²) in [5, 5.41) is 3.26. The Labute approximate surface area is 155 Å². The standard InChI is InChI=1S/C20H20N2O5/c1-3-13-6-4-7-14-15(10-21-18(13)14)16(23)11-27-20(25)12(2)22-19(24)17-8-5-9-26-17/h4-10,12,21H,3,11H2,1-2H3,(H,22,24)/t12-/m0/s1.